The lowest BCUT2D eigenvalue weighted by Gasteiger charge is -1.33. The Kier molecular flexibility index (Phi) is 3.06. The molecule has 0 amide bonds. The summed E-state index contributed by atoms with van der Waals surface area (Å²) in [6.07, 6.45) is 0. The van der Waals surface area contributed by atoms with Gasteiger partial charge in [0.1, 0.15) is 0 Å². The van der Waals surface area contributed by atoms with Crippen molar-refractivity contribution in [1.29, 1.82) is 10.1 Å². The molecular formula is H2N2Si2. The van der Waals surface area contributed by atoms with Gasteiger partial charge in [0, 0.05) is 0 Å². The minimum absolute atomic E-state index is 0.0849. The molecule has 0 aliphatic carbocycles. The first-order chi connectivity index (χ1) is 1.91. The Morgan fingerprint density at radius 3 is 1.25 bits per heavy atom. The number of hydrogen-bond donors (Lipinski definition) is 2. The van der Waals surface area contributed by atoms with Crippen molar-refractivity contribution < 1.29 is 0 Å². The molecule has 0 spiro atoms. The Hall–Kier alpha value is 0.0338. The molecule has 0 saturated heterocycles. The van der Waals surface area contributed by atoms with Crippen molar-refractivity contribution in [2.45, 2.75) is 0 Å². The average molecular weight is 86.2 g/mol. The summed E-state index contributed by atoms with van der Waals surface area (Å²) in [5, 5.41) is 12.6. The standard InChI is InChI=1S/H2N2Si2/c1-3-4-2/h1-2H. The van der Waals surface area contributed by atoms with Gasteiger partial charge in [0.25, 0.3) is 0 Å². The summed E-state index contributed by atoms with van der Waals surface area (Å²) in [4.78, 5) is 0. The van der Waals surface area contributed by atoms with Gasteiger partial charge in [-0.2, -0.15) is 0 Å². The predicted molar refractivity (Wildman–Crippen MR) is 16.9 cm³/mol. The predicted octanol–water partition coefficient (Wildman–Crippen LogP) is -0.165. The quantitative estimate of drug-likeness (QED) is 0.416. The second kappa shape index (κ2) is 3.03. The van der Waals surface area contributed by atoms with Gasteiger partial charge in [-0.25, -0.2) is 0 Å². The van der Waals surface area contributed by atoms with Crippen molar-refractivity contribution in [1.82, 2.24) is 0 Å². The van der Waals surface area contributed by atoms with Crippen LogP contribution in [0.15, 0.2) is 0 Å². The Bertz CT molecular complexity index is 25.0. The van der Waals surface area contributed by atoms with Crippen LogP contribution in [0, 0.1) is 10.1 Å². The largest absolute Gasteiger partial charge is 0.348 e. The molecule has 0 aromatic rings. The summed E-state index contributed by atoms with van der Waals surface area (Å²) in [6, 6.07) is 0. The van der Waals surface area contributed by atoms with Crippen LogP contribution in [-0.2, 0) is 0 Å². The molecule has 4 heavy (non-hydrogen) atoms. The van der Waals surface area contributed by atoms with E-state index in [0.717, 1.165) is 0 Å². The highest BCUT2D eigenvalue weighted by Gasteiger charge is 1.45. The maximum Gasteiger partial charge on any atom is 0.174 e. The van der Waals surface area contributed by atoms with E-state index in [2.05, 4.69) is 0 Å². The average Bonchev–Trinajstić information content (AvgIpc) is 1.37. The molecule has 0 saturated carbocycles. The maximum atomic E-state index is 6.30. The van der Waals surface area contributed by atoms with Gasteiger partial charge in [0.05, 0.1) is 0 Å². The molecule has 2 nitrogen and oxygen atoms in total. The van der Waals surface area contributed by atoms with Crippen LogP contribution in [0.3, 0.4) is 0 Å². The fourth-order valence-corrected chi connectivity index (χ4v) is 0. The molecule has 20 valence electrons. The van der Waals surface area contributed by atoms with Gasteiger partial charge in [-0.1, -0.05) is 0 Å². The minimum atomic E-state index is 0.0849. The van der Waals surface area contributed by atoms with Crippen LogP contribution < -0.4 is 0 Å². The maximum absolute atomic E-state index is 6.30. The van der Waals surface area contributed by atoms with Gasteiger partial charge < -0.3 is 10.1 Å². The first-order valence-electron chi connectivity index (χ1n) is 0.750. The van der Waals surface area contributed by atoms with Gasteiger partial charge in [-0.3, -0.25) is 0 Å². The fourth-order valence-electron chi connectivity index (χ4n) is 0. The van der Waals surface area contributed by atoms with E-state index in [1.54, 1.807) is 0 Å². The highest BCUT2D eigenvalue weighted by Crippen LogP contribution is 1.11. The molecule has 0 heterocycles. The van der Waals surface area contributed by atoms with E-state index in [-0.39, 0.29) is 17.7 Å². The van der Waals surface area contributed by atoms with E-state index in [0.29, 0.717) is 0 Å². The topological polar surface area (TPSA) is 47.7 Å². The first kappa shape index (κ1) is 4.03. The Morgan fingerprint density at radius 2 is 1.25 bits per heavy atom. The molecular weight excluding hydrogens is 84.2 g/mol. The van der Waals surface area contributed by atoms with Crippen molar-refractivity contribution in [3.05, 3.63) is 0 Å². The molecule has 0 aliphatic heterocycles. The second-order valence-corrected chi connectivity index (χ2v) is 2.25. The van der Waals surface area contributed by atoms with Crippen molar-refractivity contribution in [2.24, 2.45) is 0 Å². The van der Waals surface area contributed by atoms with Crippen LogP contribution in [0.4, 0.5) is 0 Å². The third kappa shape index (κ3) is 2.03. The van der Waals surface area contributed by atoms with E-state index in [9.17, 15) is 0 Å². The van der Waals surface area contributed by atoms with Crippen molar-refractivity contribution in [3.8, 4) is 0 Å². The van der Waals surface area contributed by atoms with Crippen LogP contribution in [0.1, 0.15) is 0 Å². The normalized spacial score (nSPS) is 5.00. The van der Waals surface area contributed by atoms with E-state index in [4.69, 9.17) is 10.1 Å². The summed E-state index contributed by atoms with van der Waals surface area (Å²) in [7, 11) is 0.170. The van der Waals surface area contributed by atoms with Crippen molar-refractivity contribution in [2.75, 3.05) is 0 Å². The van der Waals surface area contributed by atoms with E-state index in [1.807, 2.05) is 0 Å². The van der Waals surface area contributed by atoms with Crippen LogP contribution in [-0.4, -0.2) is 17.7 Å². The summed E-state index contributed by atoms with van der Waals surface area (Å²) in [5.74, 6) is 0. The SMILES string of the molecule is N=[Si][Si]=N. The lowest BCUT2D eigenvalue weighted by Crippen LogP contribution is -1.67. The van der Waals surface area contributed by atoms with Gasteiger partial charge in [0.15, 0.2) is 17.7 Å². The monoisotopic (exact) mass is 86.0 g/mol. The highest BCUT2D eigenvalue weighted by molar-refractivity contribution is 6.85. The Labute approximate surface area is 28.7 Å². The second-order valence-electron chi connectivity index (χ2n) is 0.250. The minimum Gasteiger partial charge on any atom is -0.348 e. The zero-order chi connectivity index (χ0) is 3.41. The lowest BCUT2D eigenvalue weighted by molar-refractivity contribution is 1.60. The molecule has 0 aliphatic rings. The van der Waals surface area contributed by atoms with Crippen molar-refractivity contribution >= 4 is 17.7 Å². The van der Waals surface area contributed by atoms with Crippen LogP contribution in [0.25, 0.3) is 0 Å². The van der Waals surface area contributed by atoms with E-state index >= 15 is 0 Å². The highest BCUT2D eigenvalue weighted by atomic mass is 29.1. The molecule has 2 N–H and O–H groups in total. The van der Waals surface area contributed by atoms with Crippen molar-refractivity contribution in [3.63, 3.8) is 0 Å². The summed E-state index contributed by atoms with van der Waals surface area (Å²) >= 11 is 0. The van der Waals surface area contributed by atoms with Gasteiger partial charge in [-0.15, -0.1) is 0 Å². The first-order valence-corrected chi connectivity index (χ1v) is 3.75. The molecule has 0 atom stereocenters. The van der Waals surface area contributed by atoms with E-state index in [1.165, 1.54) is 0 Å². The number of hydrogen-bond acceptors (Lipinski definition) is 2. The Morgan fingerprint density at radius 1 is 1.00 bits per heavy atom. The number of nitrogens with one attached hydrogen (secondary N) is 2. The zero-order valence-electron chi connectivity index (χ0n) is 2.00. The summed E-state index contributed by atoms with van der Waals surface area (Å²) in [6.45, 7) is 0. The van der Waals surface area contributed by atoms with Crippen LogP contribution in [0.5, 0.6) is 0 Å². The molecule has 0 aromatic heterocycles. The molecule has 2 radical (unpaired) electrons. The van der Waals surface area contributed by atoms with Crippen LogP contribution >= 0.6 is 0 Å². The van der Waals surface area contributed by atoms with Gasteiger partial charge >= 0.3 is 0 Å². The smallest absolute Gasteiger partial charge is 0.174 e. The van der Waals surface area contributed by atoms with E-state index < -0.39 is 0 Å². The fraction of sp³-hybridized carbons (Fsp3) is 0. The molecule has 0 aromatic carbocycles. The van der Waals surface area contributed by atoms with Gasteiger partial charge in [0.2, 0.25) is 0 Å². The third-order valence-electron chi connectivity index (χ3n) is 0.0625. The molecule has 4 heteroatoms. The molecule has 0 rings (SSSR count). The van der Waals surface area contributed by atoms with Crippen LogP contribution in [0.2, 0.25) is 0 Å². The molecule has 0 bridgehead atoms. The summed E-state index contributed by atoms with van der Waals surface area (Å²) in [5.41, 5.74) is 0. The summed E-state index contributed by atoms with van der Waals surface area (Å²) < 4.78 is 0. The Balaban J connectivity index is 2.73. The lowest BCUT2D eigenvalue weighted by atomic mass is 14.0. The van der Waals surface area contributed by atoms with Gasteiger partial charge in [-0.05, 0) is 0 Å². The molecule has 0 fully saturated rings. The number of rotatable bonds is 1. The third-order valence-corrected chi connectivity index (χ3v) is 0.562. The molecule has 0 unspecified atom stereocenters. The zero-order valence-corrected chi connectivity index (χ0v) is 4.00.